The van der Waals surface area contributed by atoms with Crippen molar-refractivity contribution in [3.63, 3.8) is 0 Å². The smallest absolute Gasteiger partial charge is 0.0218 e. The van der Waals surface area contributed by atoms with Crippen molar-refractivity contribution in [1.29, 1.82) is 0 Å². The summed E-state index contributed by atoms with van der Waals surface area (Å²) in [5.41, 5.74) is 2.24. The Hall–Kier alpha value is 1.26. The average Bonchev–Trinajstić information content (AvgIpc) is 2.38. The van der Waals surface area contributed by atoms with Crippen LogP contribution in [0, 0.1) is 0 Å². The first-order valence-electron chi connectivity index (χ1n) is 8.54. The van der Waals surface area contributed by atoms with Crippen molar-refractivity contribution in [3.05, 3.63) is 0 Å². The van der Waals surface area contributed by atoms with E-state index in [0.717, 1.165) is 0 Å². The lowest BCUT2D eigenvalue weighted by Gasteiger charge is -2.43. The molecule has 21 heavy (non-hydrogen) atoms. The maximum absolute atomic E-state index is 6.33. The molecule has 2 unspecified atom stereocenters. The van der Waals surface area contributed by atoms with Gasteiger partial charge < -0.3 is 0 Å². The Kier molecular flexibility index (Phi) is 10.1. The van der Waals surface area contributed by atoms with Gasteiger partial charge in [0.15, 0.2) is 0 Å². The van der Waals surface area contributed by atoms with Gasteiger partial charge in [0.1, 0.15) is 0 Å². The van der Waals surface area contributed by atoms with Crippen LogP contribution < -0.4 is 4.86 Å². The van der Waals surface area contributed by atoms with Crippen LogP contribution >= 0.6 is 12.4 Å². The SMILES string of the molecule is CCCC(C)P(=S)(NP(=S)(C(C)C)C(C)C)C(C)CCC. The fraction of sp³-hybridized carbons (Fsp3) is 1.00. The quantitative estimate of drug-likeness (QED) is 0.438. The summed E-state index contributed by atoms with van der Waals surface area (Å²) in [7, 11) is 0. The summed E-state index contributed by atoms with van der Waals surface area (Å²) in [5.74, 6) is 0. The third-order valence-corrected chi connectivity index (χ3v) is 19.4. The van der Waals surface area contributed by atoms with Gasteiger partial charge in [0.25, 0.3) is 0 Å². The number of hydrogen-bond acceptors (Lipinski definition) is 2. The summed E-state index contributed by atoms with van der Waals surface area (Å²) >= 11 is 12.5. The first-order chi connectivity index (χ1) is 9.56. The molecule has 0 saturated heterocycles. The van der Waals surface area contributed by atoms with E-state index < -0.39 is 12.4 Å². The second-order valence-electron chi connectivity index (χ2n) is 6.98. The van der Waals surface area contributed by atoms with Crippen LogP contribution in [0.15, 0.2) is 0 Å². The van der Waals surface area contributed by atoms with Crippen molar-refractivity contribution in [2.24, 2.45) is 0 Å². The second kappa shape index (κ2) is 9.53. The van der Waals surface area contributed by atoms with E-state index in [0.29, 0.717) is 22.6 Å². The number of hydrogen-bond donors (Lipinski definition) is 1. The molecule has 5 heteroatoms. The molecule has 0 fully saturated rings. The molecule has 0 aromatic carbocycles. The van der Waals surface area contributed by atoms with Gasteiger partial charge in [-0.2, -0.15) is 0 Å². The van der Waals surface area contributed by atoms with Crippen LogP contribution in [-0.4, -0.2) is 22.6 Å². The van der Waals surface area contributed by atoms with Crippen LogP contribution in [-0.2, 0) is 23.6 Å². The third kappa shape index (κ3) is 5.68. The van der Waals surface area contributed by atoms with Crippen LogP contribution in [0.1, 0.15) is 81.1 Å². The minimum Gasteiger partial charge on any atom is -0.258 e. The van der Waals surface area contributed by atoms with Gasteiger partial charge in [-0.25, -0.2) is 0 Å². The van der Waals surface area contributed by atoms with E-state index in [-0.39, 0.29) is 0 Å². The van der Waals surface area contributed by atoms with Crippen molar-refractivity contribution in [1.82, 2.24) is 4.86 Å². The molecule has 128 valence electrons. The number of nitrogens with one attached hydrogen (secondary N) is 1. The van der Waals surface area contributed by atoms with E-state index in [1.54, 1.807) is 0 Å². The zero-order valence-electron chi connectivity index (χ0n) is 15.3. The van der Waals surface area contributed by atoms with E-state index >= 15 is 0 Å². The summed E-state index contributed by atoms with van der Waals surface area (Å²) in [6.45, 7) is 18.4. The van der Waals surface area contributed by atoms with Gasteiger partial charge in [0, 0.05) is 12.4 Å². The van der Waals surface area contributed by atoms with Crippen molar-refractivity contribution >= 4 is 36.0 Å². The highest BCUT2D eigenvalue weighted by Crippen LogP contribution is 2.66. The van der Waals surface area contributed by atoms with Crippen molar-refractivity contribution in [3.8, 4) is 0 Å². The summed E-state index contributed by atoms with van der Waals surface area (Å²) in [6, 6.07) is 0. The molecule has 0 aliphatic heterocycles. The maximum Gasteiger partial charge on any atom is 0.0218 e. The molecule has 0 rings (SSSR count). The molecule has 0 saturated carbocycles. The average molecular weight is 370 g/mol. The molecule has 0 aromatic heterocycles. The Morgan fingerprint density at radius 3 is 1.29 bits per heavy atom. The predicted octanol–water partition coefficient (Wildman–Crippen LogP) is 6.56. The Labute approximate surface area is 144 Å². The largest absolute Gasteiger partial charge is 0.258 e. The lowest BCUT2D eigenvalue weighted by atomic mass is 10.3. The predicted molar refractivity (Wildman–Crippen MR) is 111 cm³/mol. The fourth-order valence-electron chi connectivity index (χ4n) is 2.92. The molecule has 0 aliphatic carbocycles. The first-order valence-corrected chi connectivity index (χ1v) is 14.4. The molecule has 0 radical (unpaired) electrons. The lowest BCUT2D eigenvalue weighted by molar-refractivity contribution is 0.731. The fourth-order valence-corrected chi connectivity index (χ4v) is 15.2. The minimum absolute atomic E-state index is 0.525. The minimum atomic E-state index is -1.64. The topological polar surface area (TPSA) is 12.0 Å². The molecule has 0 aliphatic rings. The summed E-state index contributed by atoms with van der Waals surface area (Å²) in [6.07, 6.45) is 1.63. The third-order valence-electron chi connectivity index (χ3n) is 4.57. The molecule has 0 heterocycles. The van der Waals surface area contributed by atoms with Gasteiger partial charge in [-0.1, -0.05) is 91.8 Å². The van der Waals surface area contributed by atoms with E-state index in [2.05, 4.69) is 60.2 Å². The summed E-state index contributed by atoms with van der Waals surface area (Å²) in [5, 5.41) is 0. The summed E-state index contributed by atoms with van der Waals surface area (Å²) < 4.78 is 0. The van der Waals surface area contributed by atoms with Crippen molar-refractivity contribution in [2.75, 3.05) is 0 Å². The Morgan fingerprint density at radius 2 is 1.05 bits per heavy atom. The Balaban J connectivity index is 5.61. The molecule has 0 aromatic rings. The lowest BCUT2D eigenvalue weighted by Crippen LogP contribution is -2.29. The van der Waals surface area contributed by atoms with Gasteiger partial charge in [0.2, 0.25) is 0 Å². The van der Waals surface area contributed by atoms with Crippen LogP contribution in [0.5, 0.6) is 0 Å². The molecular formula is C16H37NP2S2. The van der Waals surface area contributed by atoms with Crippen LogP contribution in [0.3, 0.4) is 0 Å². The normalized spacial score (nSPS) is 18.8. The maximum atomic E-state index is 6.33. The van der Waals surface area contributed by atoms with E-state index in [1.807, 2.05) is 0 Å². The Bertz CT molecular complexity index is 366. The molecule has 0 amide bonds. The molecule has 1 N–H and O–H groups in total. The van der Waals surface area contributed by atoms with Gasteiger partial charge in [-0.15, -0.1) is 0 Å². The zero-order chi connectivity index (χ0) is 16.8. The molecule has 0 bridgehead atoms. The molecule has 1 nitrogen and oxygen atoms in total. The Morgan fingerprint density at radius 1 is 0.714 bits per heavy atom. The van der Waals surface area contributed by atoms with Crippen molar-refractivity contribution in [2.45, 2.75) is 104 Å². The van der Waals surface area contributed by atoms with Crippen LogP contribution in [0.4, 0.5) is 0 Å². The highest BCUT2D eigenvalue weighted by Gasteiger charge is 2.37. The molecular weight excluding hydrogens is 332 g/mol. The molecule has 2 atom stereocenters. The highest BCUT2D eigenvalue weighted by molar-refractivity contribution is 8.23. The standard InChI is InChI=1S/C16H37NP2S2/c1-9-11-15(7)19(21,16(8)12-10-2)17-18(20,13(3)4)14(5)6/h13-16H,9-12H2,1-8H3,(H,17,20,21). The van der Waals surface area contributed by atoms with Crippen LogP contribution in [0.25, 0.3) is 0 Å². The van der Waals surface area contributed by atoms with Gasteiger partial charge in [0.05, 0.1) is 0 Å². The summed E-state index contributed by atoms with van der Waals surface area (Å²) in [4.78, 5) is 4.03. The number of rotatable bonds is 10. The second-order valence-corrected chi connectivity index (χ2v) is 18.1. The van der Waals surface area contributed by atoms with E-state index in [1.165, 1.54) is 25.7 Å². The van der Waals surface area contributed by atoms with Gasteiger partial charge >= 0.3 is 0 Å². The molecule has 0 spiro atoms. The van der Waals surface area contributed by atoms with Gasteiger partial charge in [-0.3, -0.25) is 4.86 Å². The van der Waals surface area contributed by atoms with E-state index in [4.69, 9.17) is 23.6 Å². The van der Waals surface area contributed by atoms with Crippen LogP contribution in [0.2, 0.25) is 0 Å². The van der Waals surface area contributed by atoms with Crippen molar-refractivity contribution < 1.29 is 0 Å². The van der Waals surface area contributed by atoms with E-state index in [9.17, 15) is 0 Å². The zero-order valence-corrected chi connectivity index (χ0v) is 18.8. The monoisotopic (exact) mass is 369 g/mol. The van der Waals surface area contributed by atoms with Gasteiger partial charge in [-0.05, 0) is 35.5 Å². The first kappa shape index (κ1) is 22.3. The highest BCUT2D eigenvalue weighted by atomic mass is 32.5.